The second kappa shape index (κ2) is 5.76. The first kappa shape index (κ1) is 14.0. The van der Waals surface area contributed by atoms with Crippen molar-refractivity contribution in [2.75, 3.05) is 7.11 Å². The summed E-state index contributed by atoms with van der Waals surface area (Å²) in [6.07, 6.45) is -7.16. The number of methoxy groups -OCH3 is 1. The summed E-state index contributed by atoms with van der Waals surface area (Å²) in [6.45, 7) is 1.02. The average Bonchev–Trinajstić information content (AvgIpc) is 2.16. The van der Waals surface area contributed by atoms with Crippen LogP contribution in [-0.4, -0.2) is 63.7 Å². The van der Waals surface area contributed by atoms with E-state index in [2.05, 4.69) is 4.74 Å². The van der Waals surface area contributed by atoms with Gasteiger partial charge in [-0.3, -0.25) is 4.79 Å². The number of hydrogen-bond acceptors (Lipinski definition) is 6. The van der Waals surface area contributed by atoms with E-state index >= 15 is 0 Å². The number of hydrogen-bond donors (Lipinski definition) is 4. The van der Waals surface area contributed by atoms with Crippen LogP contribution in [0.3, 0.4) is 0 Å². The molecular weight excluding hydrogens is 208 g/mol. The van der Waals surface area contributed by atoms with Crippen LogP contribution >= 0.6 is 0 Å². The highest BCUT2D eigenvalue weighted by Crippen LogP contribution is 2.09. The van der Waals surface area contributed by atoms with Gasteiger partial charge in [-0.2, -0.15) is 0 Å². The first-order chi connectivity index (χ1) is 6.82. The lowest BCUT2D eigenvalue weighted by atomic mass is 10.0. The largest absolute Gasteiger partial charge is 0.479 e. The van der Waals surface area contributed by atoms with E-state index in [0.717, 1.165) is 14.0 Å². The van der Waals surface area contributed by atoms with Crippen molar-refractivity contribution in [3.8, 4) is 0 Å². The molecule has 0 aliphatic rings. The van der Waals surface area contributed by atoms with Crippen LogP contribution in [0.1, 0.15) is 6.92 Å². The van der Waals surface area contributed by atoms with Crippen molar-refractivity contribution in [1.29, 1.82) is 0 Å². The average molecular weight is 222 g/mol. The molecule has 88 valence electrons. The lowest BCUT2D eigenvalue weighted by Gasteiger charge is -2.26. The second-order valence-corrected chi connectivity index (χ2v) is 3.03. The monoisotopic (exact) mass is 222 g/mol. The van der Waals surface area contributed by atoms with E-state index < -0.39 is 36.2 Å². The molecule has 0 aliphatic carbocycles. The Kier molecular flexibility index (Phi) is 5.37. The molecule has 0 unspecified atom stereocenters. The quantitative estimate of drug-likeness (QED) is 0.400. The predicted octanol–water partition coefficient (Wildman–Crippen LogP) is -2.24. The molecule has 4 N–H and O–H groups in total. The zero-order valence-electron chi connectivity index (χ0n) is 8.32. The van der Waals surface area contributed by atoms with E-state index in [1.807, 2.05) is 0 Å². The molecular formula is C8H14O7. The summed E-state index contributed by atoms with van der Waals surface area (Å²) in [6, 6.07) is 0. The van der Waals surface area contributed by atoms with Crippen molar-refractivity contribution in [3.63, 3.8) is 0 Å². The second-order valence-electron chi connectivity index (χ2n) is 3.03. The number of Topliss-reactive ketones (excluding diaryl/α,β-unsaturated/α-hetero) is 1. The summed E-state index contributed by atoms with van der Waals surface area (Å²) < 4.78 is 4.51. The highest BCUT2D eigenvalue weighted by Gasteiger charge is 2.37. The lowest BCUT2D eigenvalue weighted by molar-refractivity contribution is -0.169. The summed E-state index contributed by atoms with van der Waals surface area (Å²) in [4.78, 5) is 21.1. The van der Waals surface area contributed by atoms with Gasteiger partial charge in [0.15, 0.2) is 11.9 Å². The summed E-state index contributed by atoms with van der Waals surface area (Å²) in [5.74, 6) is -2.36. The normalized spacial score (nSPS) is 19.0. The van der Waals surface area contributed by atoms with E-state index in [1.54, 1.807) is 0 Å². The molecule has 0 saturated heterocycles. The van der Waals surface area contributed by atoms with Crippen molar-refractivity contribution in [2.24, 2.45) is 0 Å². The van der Waals surface area contributed by atoms with Crippen molar-refractivity contribution in [3.05, 3.63) is 0 Å². The molecule has 0 heterocycles. The molecule has 0 aliphatic heterocycles. The van der Waals surface area contributed by atoms with Gasteiger partial charge in [-0.25, -0.2) is 4.79 Å². The number of carboxylic acids is 1. The fourth-order valence-corrected chi connectivity index (χ4v) is 1.02. The zero-order chi connectivity index (χ0) is 12.2. The van der Waals surface area contributed by atoms with Crippen molar-refractivity contribution in [2.45, 2.75) is 31.3 Å². The fourth-order valence-electron chi connectivity index (χ4n) is 1.02. The number of aliphatic carboxylic acids is 1. The Balaban J connectivity index is 4.67. The number of ether oxygens (including phenoxy) is 1. The Morgan fingerprint density at radius 3 is 1.87 bits per heavy atom. The first-order valence-corrected chi connectivity index (χ1v) is 4.13. The van der Waals surface area contributed by atoms with Gasteiger partial charge >= 0.3 is 5.97 Å². The Bertz CT molecular complexity index is 239. The minimum Gasteiger partial charge on any atom is -0.479 e. The lowest BCUT2D eigenvalue weighted by Crippen LogP contribution is -2.50. The van der Waals surface area contributed by atoms with Crippen molar-refractivity contribution in [1.82, 2.24) is 0 Å². The van der Waals surface area contributed by atoms with Gasteiger partial charge in [-0.1, -0.05) is 0 Å². The summed E-state index contributed by atoms with van der Waals surface area (Å²) >= 11 is 0. The first-order valence-electron chi connectivity index (χ1n) is 4.13. The molecule has 0 rings (SSSR count). The number of carbonyl (C=O) groups excluding carboxylic acids is 1. The molecule has 0 aromatic rings. The third-order valence-corrected chi connectivity index (χ3v) is 1.91. The third-order valence-electron chi connectivity index (χ3n) is 1.91. The van der Waals surface area contributed by atoms with Gasteiger partial charge in [-0.05, 0) is 6.92 Å². The predicted molar refractivity (Wildman–Crippen MR) is 47.1 cm³/mol. The molecule has 0 fully saturated rings. The Labute approximate surface area is 85.9 Å². The SMILES string of the molecule is CO[C@@H]([C@H](O)[C@@H](O)C(C)=O)[C@H](O)C(=O)O. The van der Waals surface area contributed by atoms with E-state index in [9.17, 15) is 14.7 Å². The van der Waals surface area contributed by atoms with Crippen molar-refractivity contribution < 1.29 is 34.8 Å². The number of aliphatic hydroxyl groups excluding tert-OH is 3. The number of rotatable bonds is 6. The Morgan fingerprint density at radius 2 is 1.60 bits per heavy atom. The molecule has 0 radical (unpaired) electrons. The number of carboxylic acid groups (broad SMARTS) is 1. The minimum absolute atomic E-state index is 0.748. The molecule has 7 nitrogen and oxygen atoms in total. The van der Waals surface area contributed by atoms with Gasteiger partial charge in [0, 0.05) is 7.11 Å². The van der Waals surface area contributed by atoms with Crippen LogP contribution in [0.15, 0.2) is 0 Å². The van der Waals surface area contributed by atoms with E-state index in [4.69, 9.17) is 15.3 Å². The van der Waals surface area contributed by atoms with Crippen LogP contribution in [0, 0.1) is 0 Å². The van der Waals surface area contributed by atoms with E-state index in [-0.39, 0.29) is 0 Å². The van der Waals surface area contributed by atoms with Crippen LogP contribution in [0.25, 0.3) is 0 Å². The highest BCUT2D eigenvalue weighted by atomic mass is 16.5. The minimum atomic E-state index is -2.01. The number of ketones is 1. The van der Waals surface area contributed by atoms with Crippen LogP contribution in [0.4, 0.5) is 0 Å². The van der Waals surface area contributed by atoms with Crippen LogP contribution in [-0.2, 0) is 14.3 Å². The van der Waals surface area contributed by atoms with Crippen LogP contribution < -0.4 is 0 Å². The van der Waals surface area contributed by atoms with E-state index in [1.165, 1.54) is 0 Å². The molecule has 7 heteroatoms. The molecule has 0 aromatic heterocycles. The third kappa shape index (κ3) is 3.56. The molecule has 0 amide bonds. The summed E-state index contributed by atoms with van der Waals surface area (Å²) in [7, 11) is 1.05. The van der Waals surface area contributed by atoms with Crippen LogP contribution in [0.5, 0.6) is 0 Å². The highest BCUT2D eigenvalue weighted by molar-refractivity contribution is 5.81. The number of carbonyl (C=O) groups is 2. The zero-order valence-corrected chi connectivity index (χ0v) is 8.32. The molecule has 4 atom stereocenters. The van der Waals surface area contributed by atoms with Crippen molar-refractivity contribution >= 4 is 11.8 Å². The molecule has 0 saturated carbocycles. The summed E-state index contributed by atoms with van der Waals surface area (Å²) in [5.41, 5.74) is 0. The van der Waals surface area contributed by atoms with Gasteiger partial charge in [-0.15, -0.1) is 0 Å². The Morgan fingerprint density at radius 1 is 1.13 bits per heavy atom. The fraction of sp³-hybridized carbons (Fsp3) is 0.750. The van der Waals surface area contributed by atoms with Gasteiger partial charge < -0.3 is 25.2 Å². The maximum absolute atomic E-state index is 10.7. The van der Waals surface area contributed by atoms with Gasteiger partial charge in [0.2, 0.25) is 0 Å². The van der Waals surface area contributed by atoms with Gasteiger partial charge in [0.25, 0.3) is 0 Å². The topological polar surface area (TPSA) is 124 Å². The maximum Gasteiger partial charge on any atom is 0.335 e. The van der Waals surface area contributed by atoms with Crippen LogP contribution in [0.2, 0.25) is 0 Å². The smallest absolute Gasteiger partial charge is 0.335 e. The van der Waals surface area contributed by atoms with Gasteiger partial charge in [0.05, 0.1) is 0 Å². The molecule has 0 bridgehead atoms. The molecule has 15 heavy (non-hydrogen) atoms. The maximum atomic E-state index is 10.7. The Hall–Kier alpha value is -1.02. The van der Waals surface area contributed by atoms with E-state index in [0.29, 0.717) is 0 Å². The molecule has 0 aromatic carbocycles. The molecule has 0 spiro atoms. The standard InChI is InChI=1S/C8H14O7/c1-3(9)4(10)5(11)7(15-2)6(12)8(13)14/h4-7,10-12H,1-2H3,(H,13,14)/t4-,5+,6-,7-/m0/s1. The van der Waals surface area contributed by atoms with Gasteiger partial charge in [0.1, 0.15) is 18.3 Å². The summed E-state index contributed by atoms with van der Waals surface area (Å²) in [5, 5.41) is 36.0. The number of aliphatic hydroxyl groups is 3.